The lowest BCUT2D eigenvalue weighted by Gasteiger charge is -2.12. The number of carbonyl (C=O) groups is 2. The molecule has 0 fully saturated rings. The van der Waals surface area contributed by atoms with Crippen LogP contribution >= 0.6 is 31.9 Å². The highest BCUT2D eigenvalue weighted by Gasteiger charge is 2.09. The number of nitrogens with one attached hydrogen (secondary N) is 3. The number of rotatable bonds is 7. The summed E-state index contributed by atoms with van der Waals surface area (Å²) < 4.78 is 7.24. The zero-order chi connectivity index (χ0) is 22.4. The number of aryl methyl sites for hydroxylation is 1. The summed E-state index contributed by atoms with van der Waals surface area (Å²) in [4.78, 5) is 24.4. The molecular formula is C23H21Br2N3O3. The molecule has 0 atom stereocenters. The van der Waals surface area contributed by atoms with Gasteiger partial charge < -0.3 is 15.5 Å². The second-order valence-corrected chi connectivity index (χ2v) is 8.55. The predicted octanol–water partition coefficient (Wildman–Crippen LogP) is 5.22. The Morgan fingerprint density at radius 1 is 1.00 bits per heavy atom. The molecule has 160 valence electrons. The zero-order valence-electron chi connectivity index (χ0n) is 17.0. The Hall–Kier alpha value is -2.84. The average Bonchev–Trinajstić information content (AvgIpc) is 2.74. The minimum atomic E-state index is -0.380. The van der Waals surface area contributed by atoms with E-state index in [0.29, 0.717) is 11.4 Å². The van der Waals surface area contributed by atoms with Gasteiger partial charge in [-0.1, -0.05) is 52.3 Å². The van der Waals surface area contributed by atoms with Gasteiger partial charge in [0, 0.05) is 27.3 Å². The monoisotopic (exact) mass is 545 g/mol. The van der Waals surface area contributed by atoms with Gasteiger partial charge in [0.05, 0.1) is 4.47 Å². The second-order valence-electron chi connectivity index (χ2n) is 6.84. The summed E-state index contributed by atoms with van der Waals surface area (Å²) >= 11 is 6.85. The van der Waals surface area contributed by atoms with Crippen LogP contribution in [-0.2, 0) is 9.59 Å². The smallest absolute Gasteiger partial charge is 0.276 e. The highest BCUT2D eigenvalue weighted by Crippen LogP contribution is 2.31. The Morgan fingerprint density at radius 2 is 1.74 bits per heavy atom. The third kappa shape index (κ3) is 6.32. The Kier molecular flexibility index (Phi) is 7.70. The first-order valence-corrected chi connectivity index (χ1v) is 11.0. The van der Waals surface area contributed by atoms with Gasteiger partial charge in [-0.3, -0.25) is 15.0 Å². The third-order valence-electron chi connectivity index (χ3n) is 4.37. The molecule has 8 heteroatoms. The van der Waals surface area contributed by atoms with Crippen molar-refractivity contribution in [2.75, 3.05) is 11.9 Å². The van der Waals surface area contributed by atoms with Crippen LogP contribution < -0.4 is 20.9 Å². The molecule has 6 nitrogen and oxygen atoms in total. The van der Waals surface area contributed by atoms with Crippen LogP contribution in [-0.4, -0.2) is 18.4 Å². The highest BCUT2D eigenvalue weighted by molar-refractivity contribution is 9.11. The summed E-state index contributed by atoms with van der Waals surface area (Å²) in [5.41, 5.74) is 7.41. The number of fused-ring (bicyclic) bond motifs is 1. The van der Waals surface area contributed by atoms with Crippen molar-refractivity contribution in [1.82, 2.24) is 10.9 Å². The fourth-order valence-electron chi connectivity index (χ4n) is 2.82. The van der Waals surface area contributed by atoms with Crippen molar-refractivity contribution in [2.24, 2.45) is 0 Å². The molecule has 3 N–H and O–H groups in total. The van der Waals surface area contributed by atoms with Crippen molar-refractivity contribution in [2.45, 2.75) is 13.8 Å². The van der Waals surface area contributed by atoms with Crippen LogP contribution in [0.2, 0.25) is 0 Å². The zero-order valence-corrected chi connectivity index (χ0v) is 20.1. The molecule has 0 aliphatic carbocycles. The number of allylic oxidation sites excluding steroid dienone is 1. The van der Waals surface area contributed by atoms with Gasteiger partial charge in [-0.15, -0.1) is 0 Å². The lowest BCUT2D eigenvalue weighted by atomic mass is 10.1. The number of amides is 2. The normalized spacial score (nSPS) is 11.2. The first kappa shape index (κ1) is 22.8. The van der Waals surface area contributed by atoms with Gasteiger partial charge in [-0.05, 0) is 58.9 Å². The largest absolute Gasteiger partial charge is 0.483 e. The number of halogens is 2. The van der Waals surface area contributed by atoms with E-state index in [9.17, 15) is 9.59 Å². The van der Waals surface area contributed by atoms with E-state index in [4.69, 9.17) is 4.74 Å². The minimum Gasteiger partial charge on any atom is -0.483 e. The van der Waals surface area contributed by atoms with Crippen LogP contribution in [0.5, 0.6) is 5.75 Å². The summed E-state index contributed by atoms with van der Waals surface area (Å²) in [6, 6.07) is 17.2. The number of hydrogen-bond acceptors (Lipinski definition) is 4. The SMILES string of the molecule is CC(=CC(=O)Nc1cccc2ccccc12)NNC(=O)COc1cc(C)c(Br)cc1Br. The number of carbonyl (C=O) groups excluding carboxylic acids is 2. The molecule has 3 aromatic carbocycles. The second kappa shape index (κ2) is 10.5. The number of anilines is 1. The molecule has 3 rings (SSSR count). The number of hydrogen-bond donors (Lipinski definition) is 3. The molecule has 0 unspecified atom stereocenters. The Morgan fingerprint density at radius 3 is 2.55 bits per heavy atom. The maximum atomic E-state index is 12.3. The van der Waals surface area contributed by atoms with Gasteiger partial charge in [-0.25, -0.2) is 0 Å². The predicted molar refractivity (Wildman–Crippen MR) is 130 cm³/mol. The molecule has 0 bridgehead atoms. The molecule has 3 aromatic rings. The van der Waals surface area contributed by atoms with Gasteiger partial charge in [0.25, 0.3) is 5.91 Å². The van der Waals surface area contributed by atoms with E-state index in [0.717, 1.165) is 31.0 Å². The van der Waals surface area contributed by atoms with Gasteiger partial charge >= 0.3 is 0 Å². The highest BCUT2D eigenvalue weighted by atomic mass is 79.9. The summed E-state index contributed by atoms with van der Waals surface area (Å²) in [6.07, 6.45) is 1.37. The van der Waals surface area contributed by atoms with Gasteiger partial charge in [0.2, 0.25) is 5.91 Å². The van der Waals surface area contributed by atoms with Crippen LogP contribution in [0.4, 0.5) is 5.69 Å². The van der Waals surface area contributed by atoms with E-state index >= 15 is 0 Å². The quantitative estimate of drug-likeness (QED) is 0.280. The maximum Gasteiger partial charge on any atom is 0.276 e. The third-order valence-corrected chi connectivity index (χ3v) is 5.84. The first-order valence-electron chi connectivity index (χ1n) is 9.44. The molecule has 0 aliphatic heterocycles. The molecule has 31 heavy (non-hydrogen) atoms. The molecule has 0 spiro atoms. The van der Waals surface area contributed by atoms with E-state index in [1.54, 1.807) is 6.92 Å². The van der Waals surface area contributed by atoms with Crippen molar-refractivity contribution < 1.29 is 14.3 Å². The molecule has 0 radical (unpaired) electrons. The fraction of sp³-hybridized carbons (Fsp3) is 0.130. The lowest BCUT2D eigenvalue weighted by molar-refractivity contribution is -0.124. The van der Waals surface area contributed by atoms with E-state index < -0.39 is 0 Å². The summed E-state index contributed by atoms with van der Waals surface area (Å²) in [7, 11) is 0. The van der Waals surface area contributed by atoms with E-state index in [-0.39, 0.29) is 18.4 Å². The Labute approximate surface area is 197 Å². The number of ether oxygens (including phenoxy) is 1. The fourth-order valence-corrected chi connectivity index (χ4v) is 3.93. The van der Waals surface area contributed by atoms with Crippen molar-refractivity contribution in [3.05, 3.63) is 80.9 Å². The lowest BCUT2D eigenvalue weighted by Crippen LogP contribution is -2.39. The average molecular weight is 547 g/mol. The van der Waals surface area contributed by atoms with Crippen LogP contribution in [0.1, 0.15) is 12.5 Å². The van der Waals surface area contributed by atoms with Gasteiger partial charge in [0.1, 0.15) is 5.75 Å². The Bertz CT molecular complexity index is 1160. The Balaban J connectivity index is 1.51. The van der Waals surface area contributed by atoms with Crippen molar-refractivity contribution in [1.29, 1.82) is 0 Å². The van der Waals surface area contributed by atoms with E-state index in [1.807, 2.05) is 61.5 Å². The van der Waals surface area contributed by atoms with Crippen LogP contribution in [0.25, 0.3) is 10.8 Å². The number of benzene rings is 3. The molecule has 0 heterocycles. The topological polar surface area (TPSA) is 79.5 Å². The number of hydrazine groups is 1. The molecule has 2 amide bonds. The summed E-state index contributed by atoms with van der Waals surface area (Å²) in [6.45, 7) is 3.43. The van der Waals surface area contributed by atoms with Crippen LogP contribution in [0.15, 0.2) is 75.3 Å². The van der Waals surface area contributed by atoms with E-state index in [2.05, 4.69) is 48.0 Å². The van der Waals surface area contributed by atoms with Gasteiger partial charge in [-0.2, -0.15) is 0 Å². The minimum absolute atomic E-state index is 0.178. The van der Waals surface area contributed by atoms with Crippen LogP contribution in [0.3, 0.4) is 0 Å². The van der Waals surface area contributed by atoms with Crippen molar-refractivity contribution >= 4 is 60.1 Å². The summed E-state index contributed by atoms with van der Waals surface area (Å²) in [5, 5.41) is 4.86. The van der Waals surface area contributed by atoms with Crippen molar-refractivity contribution in [3.63, 3.8) is 0 Å². The molecule has 0 aromatic heterocycles. The standard InChI is InChI=1S/C23H21Br2N3O3/c1-14-10-21(19(25)12-18(14)24)31-13-23(30)28-27-15(2)11-22(29)26-20-9-5-7-16-6-3-4-8-17(16)20/h3-12,27H,13H2,1-2H3,(H,26,29)(H,28,30). The van der Waals surface area contributed by atoms with Crippen LogP contribution in [0, 0.1) is 6.92 Å². The first-order chi connectivity index (χ1) is 14.8. The molecular weight excluding hydrogens is 526 g/mol. The molecule has 0 aliphatic rings. The molecule has 0 saturated heterocycles. The van der Waals surface area contributed by atoms with Crippen molar-refractivity contribution in [3.8, 4) is 5.75 Å². The van der Waals surface area contributed by atoms with Gasteiger partial charge in [0.15, 0.2) is 6.61 Å². The van der Waals surface area contributed by atoms with E-state index in [1.165, 1.54) is 6.08 Å². The summed E-state index contributed by atoms with van der Waals surface area (Å²) in [5.74, 6) is -0.117. The molecule has 0 saturated carbocycles. The maximum absolute atomic E-state index is 12.3.